The van der Waals surface area contributed by atoms with Crippen LogP contribution >= 0.6 is 0 Å². The second kappa shape index (κ2) is 7.93. The van der Waals surface area contributed by atoms with Crippen LogP contribution < -0.4 is 24.3 Å². The first-order valence-electron chi connectivity index (χ1n) is 6.95. The van der Waals surface area contributed by atoms with E-state index in [0.29, 0.717) is 22.9 Å². The molecule has 0 aliphatic rings. The Hall–Kier alpha value is -2.89. The summed E-state index contributed by atoms with van der Waals surface area (Å²) in [6, 6.07) is 12.1. The minimum Gasteiger partial charge on any atom is -0.497 e. The number of ether oxygens (including phenoxy) is 4. The maximum atomic E-state index is 11.9. The Morgan fingerprint density at radius 3 is 2.13 bits per heavy atom. The zero-order valence-electron chi connectivity index (χ0n) is 13.3. The highest BCUT2D eigenvalue weighted by molar-refractivity contribution is 5.92. The van der Waals surface area contributed by atoms with Gasteiger partial charge in [-0.15, -0.1) is 0 Å². The van der Waals surface area contributed by atoms with Crippen LogP contribution in [0.2, 0.25) is 0 Å². The molecule has 0 heterocycles. The van der Waals surface area contributed by atoms with Gasteiger partial charge in [0.25, 0.3) is 5.91 Å². The molecule has 1 N–H and O–H groups in total. The van der Waals surface area contributed by atoms with E-state index < -0.39 is 0 Å². The molecular formula is C17H19NO5. The van der Waals surface area contributed by atoms with Gasteiger partial charge in [-0.3, -0.25) is 4.79 Å². The van der Waals surface area contributed by atoms with Gasteiger partial charge in [0.15, 0.2) is 18.1 Å². The number of carbonyl (C=O) groups excluding carboxylic acids is 1. The molecule has 2 aromatic carbocycles. The molecule has 0 fully saturated rings. The summed E-state index contributed by atoms with van der Waals surface area (Å²) in [6.45, 7) is -0.0966. The summed E-state index contributed by atoms with van der Waals surface area (Å²) in [5.41, 5.74) is 0.603. The Morgan fingerprint density at radius 2 is 1.52 bits per heavy atom. The number of rotatable bonds is 7. The highest BCUT2D eigenvalue weighted by Gasteiger charge is 2.08. The predicted molar refractivity (Wildman–Crippen MR) is 86.7 cm³/mol. The van der Waals surface area contributed by atoms with E-state index in [2.05, 4.69) is 5.32 Å². The molecule has 0 atom stereocenters. The van der Waals surface area contributed by atoms with E-state index in [0.717, 1.165) is 5.75 Å². The average molecular weight is 317 g/mol. The van der Waals surface area contributed by atoms with Crippen molar-refractivity contribution in [3.8, 4) is 23.0 Å². The van der Waals surface area contributed by atoms with Gasteiger partial charge in [0.1, 0.15) is 11.5 Å². The molecule has 122 valence electrons. The van der Waals surface area contributed by atoms with Gasteiger partial charge in [-0.25, -0.2) is 0 Å². The van der Waals surface area contributed by atoms with E-state index >= 15 is 0 Å². The van der Waals surface area contributed by atoms with E-state index in [1.54, 1.807) is 56.7 Å². The topological polar surface area (TPSA) is 66.0 Å². The van der Waals surface area contributed by atoms with Crippen molar-refractivity contribution in [1.29, 1.82) is 0 Å². The first kappa shape index (κ1) is 16.5. The third kappa shape index (κ3) is 4.54. The van der Waals surface area contributed by atoms with Crippen molar-refractivity contribution in [2.45, 2.75) is 0 Å². The van der Waals surface area contributed by atoms with Gasteiger partial charge in [-0.2, -0.15) is 0 Å². The zero-order valence-corrected chi connectivity index (χ0v) is 13.3. The van der Waals surface area contributed by atoms with Crippen LogP contribution in [0.1, 0.15) is 0 Å². The van der Waals surface area contributed by atoms with Gasteiger partial charge in [-0.1, -0.05) is 0 Å². The number of hydrogen-bond donors (Lipinski definition) is 1. The van der Waals surface area contributed by atoms with Crippen LogP contribution in [-0.2, 0) is 4.79 Å². The number of nitrogens with one attached hydrogen (secondary N) is 1. The van der Waals surface area contributed by atoms with Crippen LogP contribution in [0, 0.1) is 0 Å². The molecule has 2 rings (SSSR count). The maximum Gasteiger partial charge on any atom is 0.262 e. The Kier molecular flexibility index (Phi) is 5.68. The Morgan fingerprint density at radius 1 is 0.870 bits per heavy atom. The van der Waals surface area contributed by atoms with Crippen LogP contribution in [-0.4, -0.2) is 33.8 Å². The molecule has 6 nitrogen and oxygen atoms in total. The van der Waals surface area contributed by atoms with E-state index in [1.165, 1.54) is 7.11 Å². The lowest BCUT2D eigenvalue weighted by molar-refractivity contribution is -0.118. The molecule has 0 spiro atoms. The monoisotopic (exact) mass is 317 g/mol. The fourth-order valence-electron chi connectivity index (χ4n) is 1.93. The van der Waals surface area contributed by atoms with Crippen molar-refractivity contribution in [1.82, 2.24) is 0 Å². The van der Waals surface area contributed by atoms with Crippen LogP contribution in [0.15, 0.2) is 42.5 Å². The number of carbonyl (C=O) groups is 1. The Balaban J connectivity index is 1.91. The Bertz CT molecular complexity index is 655. The van der Waals surface area contributed by atoms with Gasteiger partial charge in [0, 0.05) is 11.8 Å². The highest BCUT2D eigenvalue weighted by Crippen LogP contribution is 2.29. The lowest BCUT2D eigenvalue weighted by Gasteiger charge is -2.11. The lowest BCUT2D eigenvalue weighted by Crippen LogP contribution is -2.20. The number of methoxy groups -OCH3 is 3. The summed E-state index contributed by atoms with van der Waals surface area (Å²) < 4.78 is 20.8. The van der Waals surface area contributed by atoms with Crippen LogP contribution in [0.4, 0.5) is 5.69 Å². The van der Waals surface area contributed by atoms with Crippen molar-refractivity contribution in [3.05, 3.63) is 42.5 Å². The fraction of sp³-hybridized carbons (Fsp3) is 0.235. The summed E-state index contributed by atoms with van der Waals surface area (Å²) in [7, 11) is 4.68. The predicted octanol–water partition coefficient (Wildman–Crippen LogP) is 2.73. The van der Waals surface area contributed by atoms with Crippen molar-refractivity contribution in [2.24, 2.45) is 0 Å². The van der Waals surface area contributed by atoms with E-state index in [1.807, 2.05) is 0 Å². The molecule has 0 unspecified atom stereocenters. The lowest BCUT2D eigenvalue weighted by atomic mass is 10.2. The van der Waals surface area contributed by atoms with Crippen molar-refractivity contribution < 1.29 is 23.7 Å². The zero-order chi connectivity index (χ0) is 16.7. The van der Waals surface area contributed by atoms with Crippen LogP contribution in [0.5, 0.6) is 23.0 Å². The minimum absolute atomic E-state index is 0.0966. The molecule has 0 radical (unpaired) electrons. The number of anilines is 1. The number of benzene rings is 2. The summed E-state index contributed by atoms with van der Waals surface area (Å²) >= 11 is 0. The molecule has 1 amide bonds. The van der Waals surface area contributed by atoms with Crippen molar-refractivity contribution >= 4 is 11.6 Å². The Labute approximate surface area is 134 Å². The summed E-state index contributed by atoms with van der Waals surface area (Å²) in [4.78, 5) is 11.9. The smallest absolute Gasteiger partial charge is 0.262 e. The first-order chi connectivity index (χ1) is 11.2. The highest BCUT2D eigenvalue weighted by atomic mass is 16.5. The molecular weight excluding hydrogens is 298 g/mol. The van der Waals surface area contributed by atoms with Gasteiger partial charge in [-0.05, 0) is 36.4 Å². The van der Waals surface area contributed by atoms with Gasteiger partial charge in [0.05, 0.1) is 21.3 Å². The SMILES string of the molecule is COc1ccc(OCC(=O)Nc2ccc(OC)c(OC)c2)cc1. The molecule has 23 heavy (non-hydrogen) atoms. The molecule has 0 aromatic heterocycles. The third-order valence-electron chi connectivity index (χ3n) is 3.10. The summed E-state index contributed by atoms with van der Waals surface area (Å²) in [5, 5.41) is 2.74. The average Bonchev–Trinajstić information content (AvgIpc) is 2.60. The third-order valence-corrected chi connectivity index (χ3v) is 3.10. The number of hydrogen-bond acceptors (Lipinski definition) is 5. The molecule has 0 saturated carbocycles. The van der Waals surface area contributed by atoms with Crippen LogP contribution in [0.3, 0.4) is 0 Å². The van der Waals surface area contributed by atoms with Crippen LogP contribution in [0.25, 0.3) is 0 Å². The minimum atomic E-state index is -0.270. The second-order valence-electron chi connectivity index (χ2n) is 4.58. The van der Waals surface area contributed by atoms with E-state index in [-0.39, 0.29) is 12.5 Å². The summed E-state index contributed by atoms with van der Waals surface area (Å²) in [5.74, 6) is 2.19. The normalized spacial score (nSPS) is 9.87. The van der Waals surface area contributed by atoms with Crippen molar-refractivity contribution in [3.63, 3.8) is 0 Å². The maximum absolute atomic E-state index is 11.9. The molecule has 6 heteroatoms. The second-order valence-corrected chi connectivity index (χ2v) is 4.58. The van der Waals surface area contributed by atoms with Gasteiger partial charge >= 0.3 is 0 Å². The van der Waals surface area contributed by atoms with Gasteiger partial charge in [0.2, 0.25) is 0 Å². The standard InChI is InChI=1S/C17H19NO5/c1-20-13-5-7-14(8-6-13)23-11-17(19)18-12-4-9-15(21-2)16(10-12)22-3/h4-10H,11H2,1-3H3,(H,18,19). The van der Waals surface area contributed by atoms with Gasteiger partial charge < -0.3 is 24.3 Å². The first-order valence-corrected chi connectivity index (χ1v) is 6.95. The molecule has 0 aliphatic heterocycles. The molecule has 0 bridgehead atoms. The fourth-order valence-corrected chi connectivity index (χ4v) is 1.93. The molecule has 0 aliphatic carbocycles. The largest absolute Gasteiger partial charge is 0.497 e. The van der Waals surface area contributed by atoms with E-state index in [4.69, 9.17) is 18.9 Å². The molecule has 0 saturated heterocycles. The van der Waals surface area contributed by atoms with E-state index in [9.17, 15) is 4.79 Å². The molecule has 2 aromatic rings. The summed E-state index contributed by atoms with van der Waals surface area (Å²) in [6.07, 6.45) is 0. The number of amides is 1. The van der Waals surface area contributed by atoms with Crippen molar-refractivity contribution in [2.75, 3.05) is 33.3 Å². The quantitative estimate of drug-likeness (QED) is 0.850.